The summed E-state index contributed by atoms with van der Waals surface area (Å²) in [7, 11) is 0. The van der Waals surface area contributed by atoms with E-state index in [9.17, 15) is 5.11 Å². The first-order valence-corrected chi connectivity index (χ1v) is 7.16. The lowest BCUT2D eigenvalue weighted by Crippen LogP contribution is -2.29. The van der Waals surface area contributed by atoms with Gasteiger partial charge in [0.05, 0.1) is 21.9 Å². The third-order valence-corrected chi connectivity index (χ3v) is 3.87. The van der Waals surface area contributed by atoms with Crippen LogP contribution in [-0.4, -0.2) is 26.6 Å². The average Bonchev–Trinajstić information content (AvgIpc) is 2.81. The Hall–Kier alpha value is -1.18. The maximum atomic E-state index is 9.73. The molecule has 0 bridgehead atoms. The van der Waals surface area contributed by atoms with Crippen LogP contribution in [0.2, 0.25) is 0 Å². The topological polar surface area (TPSA) is 84.1 Å². The van der Waals surface area contributed by atoms with Gasteiger partial charge in [0.1, 0.15) is 10.8 Å². The molecule has 98 valence electrons. The summed E-state index contributed by atoms with van der Waals surface area (Å²) in [6, 6.07) is 0. The molecule has 0 aliphatic rings. The molecule has 0 aliphatic heterocycles. The van der Waals surface area contributed by atoms with Crippen molar-refractivity contribution in [3.8, 4) is 11.3 Å². The number of nitrogens with zero attached hydrogens (tertiary/aromatic N) is 2. The lowest BCUT2D eigenvalue weighted by molar-refractivity contribution is 0.0946. The molecule has 2 aromatic rings. The molecule has 0 fully saturated rings. The Morgan fingerprint density at radius 1 is 1.50 bits per heavy atom. The van der Waals surface area contributed by atoms with Crippen LogP contribution in [-0.2, 0) is 0 Å². The quantitative estimate of drug-likeness (QED) is 0.802. The molecule has 4 N–H and O–H groups in total. The van der Waals surface area contributed by atoms with Crippen molar-refractivity contribution in [2.24, 2.45) is 0 Å². The van der Waals surface area contributed by atoms with E-state index in [4.69, 9.17) is 5.73 Å². The largest absolute Gasteiger partial charge is 0.389 e. The molecule has 18 heavy (non-hydrogen) atoms. The number of nitrogens with one attached hydrogen (secondary N) is 1. The van der Waals surface area contributed by atoms with Gasteiger partial charge in [-0.25, -0.2) is 4.98 Å². The van der Waals surface area contributed by atoms with Crippen LogP contribution in [0, 0.1) is 6.92 Å². The summed E-state index contributed by atoms with van der Waals surface area (Å²) in [5.74, 6) is 0.476. The third kappa shape index (κ3) is 2.98. The monoisotopic (exact) mass is 284 g/mol. The number of aromatic nitrogens is 2. The van der Waals surface area contributed by atoms with Crippen LogP contribution >= 0.6 is 22.9 Å². The molecule has 0 amide bonds. The van der Waals surface area contributed by atoms with E-state index in [1.165, 1.54) is 11.5 Å². The van der Waals surface area contributed by atoms with E-state index >= 15 is 0 Å². The van der Waals surface area contributed by atoms with E-state index in [1.807, 2.05) is 12.3 Å². The van der Waals surface area contributed by atoms with Gasteiger partial charge in [0.15, 0.2) is 0 Å². The highest BCUT2D eigenvalue weighted by atomic mass is 32.1. The Bertz CT molecular complexity index is 541. The molecule has 0 aliphatic carbocycles. The van der Waals surface area contributed by atoms with Crippen LogP contribution in [0.1, 0.15) is 18.9 Å². The number of hydrogen-bond acceptors (Lipinski definition) is 7. The molecule has 0 saturated heterocycles. The molecule has 0 spiro atoms. The van der Waals surface area contributed by atoms with Gasteiger partial charge in [-0.1, -0.05) is 0 Å². The van der Waals surface area contributed by atoms with Gasteiger partial charge >= 0.3 is 0 Å². The molecule has 0 atom stereocenters. The maximum absolute atomic E-state index is 9.73. The van der Waals surface area contributed by atoms with Crippen LogP contribution in [0.5, 0.6) is 0 Å². The lowest BCUT2D eigenvalue weighted by Gasteiger charge is -2.17. The van der Waals surface area contributed by atoms with Gasteiger partial charge in [0, 0.05) is 11.9 Å². The van der Waals surface area contributed by atoms with Crippen LogP contribution in [0.4, 0.5) is 10.8 Å². The minimum Gasteiger partial charge on any atom is -0.389 e. The van der Waals surface area contributed by atoms with E-state index in [-0.39, 0.29) is 0 Å². The van der Waals surface area contributed by atoms with E-state index in [1.54, 1.807) is 25.2 Å². The van der Waals surface area contributed by atoms with Crippen LogP contribution < -0.4 is 11.1 Å². The number of nitrogen functional groups attached to an aromatic ring is 1. The molecular formula is C11H16N4OS2. The van der Waals surface area contributed by atoms with Gasteiger partial charge in [-0.15, -0.1) is 11.3 Å². The first-order chi connectivity index (χ1) is 8.37. The Morgan fingerprint density at radius 3 is 2.78 bits per heavy atom. The second-order valence-electron chi connectivity index (χ2n) is 4.69. The first kappa shape index (κ1) is 13.3. The molecule has 7 heteroatoms. The fourth-order valence-corrected chi connectivity index (χ4v) is 2.77. The Kier molecular flexibility index (Phi) is 3.56. The molecule has 2 aromatic heterocycles. The normalized spacial score (nSPS) is 11.8. The van der Waals surface area contributed by atoms with Crippen molar-refractivity contribution in [1.82, 2.24) is 9.36 Å². The molecule has 0 aromatic carbocycles. The van der Waals surface area contributed by atoms with Crippen molar-refractivity contribution in [2.45, 2.75) is 26.4 Å². The summed E-state index contributed by atoms with van der Waals surface area (Å²) < 4.78 is 4.14. The standard InChI is InChI=1S/C11H16N4OS2/c1-6-14-7(4-17-6)8-9(12)15-18-10(8)13-5-11(2,3)16/h4,13,16H,5H2,1-3H3,(H2,12,15). The van der Waals surface area contributed by atoms with Crippen molar-refractivity contribution >= 4 is 33.7 Å². The fraction of sp³-hybridized carbons (Fsp3) is 0.455. The highest BCUT2D eigenvalue weighted by Gasteiger charge is 2.18. The predicted molar refractivity (Wildman–Crippen MR) is 77.2 cm³/mol. The first-order valence-electron chi connectivity index (χ1n) is 5.51. The molecule has 2 rings (SSSR count). The SMILES string of the molecule is Cc1nc(-c2c(N)nsc2NCC(C)(C)O)cs1. The number of rotatable bonds is 4. The van der Waals surface area contributed by atoms with E-state index in [0.717, 1.165) is 21.3 Å². The summed E-state index contributed by atoms with van der Waals surface area (Å²) in [4.78, 5) is 4.42. The zero-order chi connectivity index (χ0) is 13.3. The van der Waals surface area contributed by atoms with E-state index < -0.39 is 5.60 Å². The number of aliphatic hydroxyl groups is 1. The Balaban J connectivity index is 2.28. The number of hydrogen-bond donors (Lipinski definition) is 3. The lowest BCUT2D eigenvalue weighted by atomic mass is 10.1. The van der Waals surface area contributed by atoms with Crippen LogP contribution in [0.25, 0.3) is 11.3 Å². The number of thiazole rings is 1. The second kappa shape index (κ2) is 4.83. The highest BCUT2D eigenvalue weighted by molar-refractivity contribution is 7.11. The second-order valence-corrected chi connectivity index (χ2v) is 6.53. The summed E-state index contributed by atoms with van der Waals surface area (Å²) in [6.07, 6.45) is 0. The molecule has 0 radical (unpaired) electrons. The van der Waals surface area contributed by atoms with Crippen LogP contribution in [0.15, 0.2) is 5.38 Å². The molecule has 0 unspecified atom stereocenters. The summed E-state index contributed by atoms with van der Waals surface area (Å²) >= 11 is 2.87. The number of nitrogens with two attached hydrogens (primary N) is 1. The zero-order valence-electron chi connectivity index (χ0n) is 10.5. The third-order valence-electron chi connectivity index (χ3n) is 2.28. The number of aryl methyl sites for hydroxylation is 1. The minimum atomic E-state index is -0.784. The van der Waals surface area contributed by atoms with Crippen molar-refractivity contribution in [2.75, 3.05) is 17.6 Å². The van der Waals surface area contributed by atoms with Crippen molar-refractivity contribution in [3.63, 3.8) is 0 Å². The van der Waals surface area contributed by atoms with Crippen molar-refractivity contribution in [1.29, 1.82) is 0 Å². The van der Waals surface area contributed by atoms with Gasteiger partial charge in [0.25, 0.3) is 0 Å². The molecule has 5 nitrogen and oxygen atoms in total. The summed E-state index contributed by atoms with van der Waals surface area (Å²) in [5, 5.41) is 16.7. The van der Waals surface area contributed by atoms with Gasteiger partial charge in [-0.05, 0) is 32.3 Å². The zero-order valence-corrected chi connectivity index (χ0v) is 12.2. The smallest absolute Gasteiger partial charge is 0.148 e. The van der Waals surface area contributed by atoms with Crippen molar-refractivity contribution in [3.05, 3.63) is 10.4 Å². The van der Waals surface area contributed by atoms with Crippen LogP contribution in [0.3, 0.4) is 0 Å². The van der Waals surface area contributed by atoms with Gasteiger partial charge < -0.3 is 16.2 Å². The minimum absolute atomic E-state index is 0.435. The molecular weight excluding hydrogens is 268 g/mol. The maximum Gasteiger partial charge on any atom is 0.148 e. The van der Waals surface area contributed by atoms with Crippen molar-refractivity contribution < 1.29 is 5.11 Å². The summed E-state index contributed by atoms with van der Waals surface area (Å²) in [5.41, 5.74) is 6.76. The number of anilines is 2. The van der Waals surface area contributed by atoms with E-state index in [2.05, 4.69) is 14.7 Å². The molecule has 0 saturated carbocycles. The molecule has 2 heterocycles. The van der Waals surface area contributed by atoms with E-state index in [0.29, 0.717) is 12.4 Å². The van der Waals surface area contributed by atoms with Gasteiger partial charge in [0.2, 0.25) is 0 Å². The Labute approximate surface area is 114 Å². The predicted octanol–water partition coefficient (Wildman–Crippen LogP) is 2.34. The summed E-state index contributed by atoms with van der Waals surface area (Å²) in [6.45, 7) is 5.88. The van der Waals surface area contributed by atoms with Gasteiger partial charge in [-0.2, -0.15) is 4.37 Å². The average molecular weight is 284 g/mol. The van der Waals surface area contributed by atoms with Gasteiger partial charge in [-0.3, -0.25) is 0 Å². The highest BCUT2D eigenvalue weighted by Crippen LogP contribution is 2.37. The Morgan fingerprint density at radius 2 is 2.22 bits per heavy atom. The fourth-order valence-electron chi connectivity index (χ4n) is 1.45.